The van der Waals surface area contributed by atoms with Gasteiger partial charge in [0.1, 0.15) is 0 Å². The number of fused-ring (bicyclic) bond motifs is 1. The Bertz CT molecular complexity index is 403. The van der Waals surface area contributed by atoms with Gasteiger partial charge in [-0.3, -0.25) is 4.90 Å². The highest BCUT2D eigenvalue weighted by Crippen LogP contribution is 2.28. The van der Waals surface area contributed by atoms with Gasteiger partial charge in [-0.15, -0.1) is 0 Å². The Morgan fingerprint density at radius 1 is 1.39 bits per heavy atom. The maximum Gasteiger partial charge on any atom is 0.0954 e. The van der Waals surface area contributed by atoms with Gasteiger partial charge in [-0.2, -0.15) is 0 Å². The van der Waals surface area contributed by atoms with Gasteiger partial charge >= 0.3 is 0 Å². The third-order valence-electron chi connectivity index (χ3n) is 4.06. The minimum absolute atomic E-state index is 0.00967. The molecule has 1 aliphatic heterocycles. The molecule has 1 aromatic carbocycles. The maximum absolute atomic E-state index is 5.93. The van der Waals surface area contributed by atoms with E-state index in [0.29, 0.717) is 6.54 Å². The standard InChI is InChI=1S/C15H24N2O/c1-15(2,11-16)17(3)10-14-13-7-5-4-6-12(13)8-9-18-14/h4-7,14H,8-11,16H2,1-3H3. The molecule has 0 amide bonds. The Hall–Kier alpha value is -0.900. The van der Waals surface area contributed by atoms with Crippen LogP contribution in [0.5, 0.6) is 0 Å². The fourth-order valence-electron chi connectivity index (χ4n) is 2.28. The van der Waals surface area contributed by atoms with Crippen molar-refractivity contribution in [2.45, 2.75) is 31.9 Å². The average molecular weight is 248 g/mol. The van der Waals surface area contributed by atoms with Crippen LogP contribution in [0, 0.1) is 0 Å². The van der Waals surface area contributed by atoms with Gasteiger partial charge in [0, 0.05) is 18.6 Å². The van der Waals surface area contributed by atoms with Crippen molar-refractivity contribution in [2.24, 2.45) is 5.73 Å². The van der Waals surface area contributed by atoms with Crippen LogP contribution in [0.3, 0.4) is 0 Å². The largest absolute Gasteiger partial charge is 0.372 e. The number of hydrogen-bond donors (Lipinski definition) is 1. The molecule has 1 aromatic rings. The fraction of sp³-hybridized carbons (Fsp3) is 0.600. The molecule has 2 rings (SSSR count). The summed E-state index contributed by atoms with van der Waals surface area (Å²) in [5.41, 5.74) is 8.59. The third kappa shape index (κ3) is 2.74. The molecular formula is C15H24N2O. The number of likely N-dealkylation sites (N-methyl/N-ethyl adjacent to an activating group) is 1. The van der Waals surface area contributed by atoms with E-state index in [1.54, 1.807) is 0 Å². The Balaban J connectivity index is 2.12. The molecule has 0 spiro atoms. The van der Waals surface area contributed by atoms with E-state index in [1.165, 1.54) is 11.1 Å². The molecule has 100 valence electrons. The summed E-state index contributed by atoms with van der Waals surface area (Å²) in [7, 11) is 2.12. The van der Waals surface area contributed by atoms with Crippen LogP contribution >= 0.6 is 0 Å². The van der Waals surface area contributed by atoms with E-state index >= 15 is 0 Å². The first-order valence-electron chi connectivity index (χ1n) is 6.65. The molecule has 1 heterocycles. The number of nitrogens with two attached hydrogens (primary N) is 1. The van der Waals surface area contributed by atoms with Gasteiger partial charge in [0.15, 0.2) is 0 Å². The van der Waals surface area contributed by atoms with Crippen molar-refractivity contribution in [1.29, 1.82) is 0 Å². The fourth-order valence-corrected chi connectivity index (χ4v) is 2.28. The molecule has 1 unspecified atom stereocenters. The summed E-state index contributed by atoms with van der Waals surface area (Å²) >= 11 is 0. The molecule has 1 atom stereocenters. The van der Waals surface area contributed by atoms with Crippen LogP contribution in [0.25, 0.3) is 0 Å². The zero-order valence-corrected chi connectivity index (χ0v) is 11.6. The van der Waals surface area contributed by atoms with Crippen molar-refractivity contribution < 1.29 is 4.74 Å². The molecule has 0 fully saturated rings. The van der Waals surface area contributed by atoms with Crippen molar-refractivity contribution in [3.63, 3.8) is 0 Å². The summed E-state index contributed by atoms with van der Waals surface area (Å²) in [5, 5.41) is 0. The summed E-state index contributed by atoms with van der Waals surface area (Å²) in [5.74, 6) is 0. The molecule has 3 nitrogen and oxygen atoms in total. The monoisotopic (exact) mass is 248 g/mol. The second-order valence-corrected chi connectivity index (χ2v) is 5.71. The minimum Gasteiger partial charge on any atom is -0.372 e. The molecule has 0 radical (unpaired) electrons. The zero-order valence-electron chi connectivity index (χ0n) is 11.6. The van der Waals surface area contributed by atoms with E-state index in [-0.39, 0.29) is 11.6 Å². The summed E-state index contributed by atoms with van der Waals surface area (Å²) < 4.78 is 5.93. The normalized spacial score (nSPS) is 19.9. The molecule has 0 aliphatic carbocycles. The van der Waals surface area contributed by atoms with Crippen molar-refractivity contribution >= 4 is 0 Å². The van der Waals surface area contributed by atoms with Crippen molar-refractivity contribution in [3.05, 3.63) is 35.4 Å². The minimum atomic E-state index is 0.00967. The maximum atomic E-state index is 5.93. The molecule has 0 saturated carbocycles. The van der Waals surface area contributed by atoms with Crippen LogP contribution in [-0.2, 0) is 11.2 Å². The van der Waals surface area contributed by atoms with Crippen molar-refractivity contribution in [3.8, 4) is 0 Å². The van der Waals surface area contributed by atoms with Gasteiger partial charge in [0.05, 0.1) is 12.7 Å². The van der Waals surface area contributed by atoms with E-state index in [9.17, 15) is 0 Å². The van der Waals surface area contributed by atoms with Gasteiger partial charge in [-0.05, 0) is 38.4 Å². The Morgan fingerprint density at radius 3 is 2.83 bits per heavy atom. The van der Waals surface area contributed by atoms with Crippen LogP contribution in [0.15, 0.2) is 24.3 Å². The highest BCUT2D eigenvalue weighted by Gasteiger charge is 2.27. The number of nitrogens with zero attached hydrogens (tertiary/aromatic N) is 1. The lowest BCUT2D eigenvalue weighted by molar-refractivity contribution is 0.00153. The highest BCUT2D eigenvalue weighted by molar-refractivity contribution is 5.31. The van der Waals surface area contributed by atoms with Crippen LogP contribution in [-0.4, -0.2) is 37.2 Å². The summed E-state index contributed by atoms with van der Waals surface area (Å²) in [6.45, 7) is 6.70. The van der Waals surface area contributed by atoms with Gasteiger partial charge < -0.3 is 10.5 Å². The lowest BCUT2D eigenvalue weighted by atomic mass is 9.96. The van der Waals surface area contributed by atoms with Crippen LogP contribution in [0.2, 0.25) is 0 Å². The van der Waals surface area contributed by atoms with Gasteiger partial charge in [0.25, 0.3) is 0 Å². The molecule has 0 aromatic heterocycles. The van der Waals surface area contributed by atoms with Crippen molar-refractivity contribution in [2.75, 3.05) is 26.7 Å². The average Bonchev–Trinajstić information content (AvgIpc) is 2.39. The predicted octanol–water partition coefficient (Wildman–Crippen LogP) is 1.97. The van der Waals surface area contributed by atoms with Gasteiger partial charge in [0.2, 0.25) is 0 Å². The van der Waals surface area contributed by atoms with Gasteiger partial charge in [-0.1, -0.05) is 24.3 Å². The SMILES string of the molecule is CN(CC1OCCc2ccccc21)C(C)(C)CN. The quantitative estimate of drug-likeness (QED) is 0.885. The van der Waals surface area contributed by atoms with E-state index in [2.05, 4.69) is 50.1 Å². The Labute approximate surface area is 110 Å². The molecule has 0 bridgehead atoms. The predicted molar refractivity (Wildman–Crippen MR) is 74.6 cm³/mol. The zero-order chi connectivity index (χ0) is 13.2. The van der Waals surface area contributed by atoms with E-state index < -0.39 is 0 Å². The van der Waals surface area contributed by atoms with Crippen LogP contribution in [0.4, 0.5) is 0 Å². The van der Waals surface area contributed by atoms with Gasteiger partial charge in [-0.25, -0.2) is 0 Å². The highest BCUT2D eigenvalue weighted by atomic mass is 16.5. The topological polar surface area (TPSA) is 38.5 Å². The first-order valence-corrected chi connectivity index (χ1v) is 6.65. The molecule has 3 heteroatoms. The second kappa shape index (κ2) is 5.39. The Kier molecular flexibility index (Phi) is 4.05. The summed E-state index contributed by atoms with van der Waals surface area (Å²) in [6.07, 6.45) is 1.20. The molecule has 1 aliphatic rings. The number of benzene rings is 1. The molecular weight excluding hydrogens is 224 g/mol. The number of ether oxygens (including phenoxy) is 1. The third-order valence-corrected chi connectivity index (χ3v) is 4.06. The van der Waals surface area contributed by atoms with Crippen LogP contribution in [0.1, 0.15) is 31.1 Å². The lowest BCUT2D eigenvalue weighted by Gasteiger charge is -2.38. The van der Waals surface area contributed by atoms with Crippen LogP contribution < -0.4 is 5.73 Å². The smallest absolute Gasteiger partial charge is 0.0954 e. The molecule has 0 saturated heterocycles. The summed E-state index contributed by atoms with van der Waals surface area (Å²) in [4.78, 5) is 2.29. The summed E-state index contributed by atoms with van der Waals surface area (Å²) in [6, 6.07) is 8.59. The van der Waals surface area contributed by atoms with E-state index in [0.717, 1.165) is 19.6 Å². The Morgan fingerprint density at radius 2 is 2.11 bits per heavy atom. The first kappa shape index (κ1) is 13.5. The van der Waals surface area contributed by atoms with E-state index in [4.69, 9.17) is 10.5 Å². The number of hydrogen-bond acceptors (Lipinski definition) is 3. The van der Waals surface area contributed by atoms with E-state index in [1.807, 2.05) is 0 Å². The molecule has 2 N–H and O–H groups in total. The van der Waals surface area contributed by atoms with Crippen molar-refractivity contribution in [1.82, 2.24) is 4.90 Å². The number of rotatable bonds is 4. The second-order valence-electron chi connectivity index (χ2n) is 5.71. The molecule has 18 heavy (non-hydrogen) atoms. The first-order chi connectivity index (χ1) is 8.54. The lowest BCUT2D eigenvalue weighted by Crippen LogP contribution is -2.49.